The topological polar surface area (TPSA) is 3.24 Å². The van der Waals surface area contributed by atoms with Crippen LogP contribution in [0.2, 0.25) is 0 Å². The van der Waals surface area contributed by atoms with Gasteiger partial charge in [-0.15, -0.1) is 0 Å². The average Bonchev–Trinajstić information content (AvgIpc) is 1.82. The molecule has 0 rings (SSSR count). The summed E-state index contributed by atoms with van der Waals surface area (Å²) in [5.74, 6) is 0. The predicted molar refractivity (Wildman–Crippen MR) is 51.8 cm³/mol. The molecule has 0 saturated carbocycles. The summed E-state index contributed by atoms with van der Waals surface area (Å²) >= 11 is 0. The maximum absolute atomic E-state index is 2.39. The minimum absolute atomic E-state index is 0.461. The van der Waals surface area contributed by atoms with Crippen LogP contribution in [0.15, 0.2) is 0 Å². The summed E-state index contributed by atoms with van der Waals surface area (Å²) in [6.07, 6.45) is 1.28. The lowest BCUT2D eigenvalue weighted by Gasteiger charge is -2.29. The number of hydrogen-bond donors (Lipinski definition) is 0. The van der Waals surface area contributed by atoms with Crippen LogP contribution >= 0.6 is 0 Å². The molecule has 0 fully saturated rings. The van der Waals surface area contributed by atoms with E-state index in [-0.39, 0.29) is 0 Å². The Hall–Kier alpha value is -0.0400. The molecular formula is C10H23N. The molecule has 0 heterocycles. The third kappa shape index (κ3) is 5.25. The van der Waals surface area contributed by atoms with Crippen molar-refractivity contribution >= 4 is 0 Å². The van der Waals surface area contributed by atoms with Crippen molar-refractivity contribution in [1.29, 1.82) is 0 Å². The molecule has 0 aliphatic heterocycles. The lowest BCUT2D eigenvalue weighted by molar-refractivity contribution is 0.200. The quantitative estimate of drug-likeness (QED) is 0.609. The van der Waals surface area contributed by atoms with Gasteiger partial charge in [0.2, 0.25) is 0 Å². The highest BCUT2D eigenvalue weighted by molar-refractivity contribution is 4.71. The predicted octanol–water partition coefficient (Wildman–Crippen LogP) is 2.76. The Balaban J connectivity index is 3.77. The lowest BCUT2D eigenvalue weighted by Crippen LogP contribution is -2.32. The van der Waals surface area contributed by atoms with Gasteiger partial charge in [-0.3, -0.25) is 0 Å². The van der Waals surface area contributed by atoms with E-state index in [0.717, 1.165) is 6.54 Å². The molecular weight excluding hydrogens is 134 g/mol. The van der Waals surface area contributed by atoms with E-state index in [1.807, 2.05) is 0 Å². The molecule has 1 atom stereocenters. The van der Waals surface area contributed by atoms with Gasteiger partial charge in [0.1, 0.15) is 0 Å². The zero-order valence-electron chi connectivity index (χ0n) is 8.94. The van der Waals surface area contributed by atoms with Crippen molar-refractivity contribution in [1.82, 2.24) is 4.90 Å². The van der Waals surface area contributed by atoms with Gasteiger partial charge in [0, 0.05) is 6.04 Å². The van der Waals surface area contributed by atoms with Crippen LogP contribution in [0.1, 0.15) is 41.0 Å². The van der Waals surface area contributed by atoms with Crippen molar-refractivity contribution in [3.8, 4) is 0 Å². The van der Waals surface area contributed by atoms with Crippen molar-refractivity contribution in [2.24, 2.45) is 5.41 Å². The highest BCUT2D eigenvalue weighted by Gasteiger charge is 2.16. The fourth-order valence-electron chi connectivity index (χ4n) is 1.35. The smallest absolute Gasteiger partial charge is 0.00687 e. The molecule has 1 heteroatoms. The monoisotopic (exact) mass is 157 g/mol. The SMILES string of the molecule is CCN(C)[C@H](C)CC(C)(C)C. The van der Waals surface area contributed by atoms with Gasteiger partial charge in [-0.05, 0) is 32.4 Å². The van der Waals surface area contributed by atoms with E-state index < -0.39 is 0 Å². The summed E-state index contributed by atoms with van der Waals surface area (Å²) in [7, 11) is 2.19. The second kappa shape index (κ2) is 4.10. The largest absolute Gasteiger partial charge is 0.304 e. The standard InChI is InChI=1S/C10H23N/c1-7-11(6)9(2)8-10(3,4)5/h9H,7-8H2,1-6H3/t9-/m1/s1. The molecule has 11 heavy (non-hydrogen) atoms. The minimum Gasteiger partial charge on any atom is -0.304 e. The first-order valence-corrected chi connectivity index (χ1v) is 4.57. The highest BCUT2D eigenvalue weighted by atomic mass is 15.1. The third-order valence-electron chi connectivity index (χ3n) is 2.16. The summed E-state index contributed by atoms with van der Waals surface area (Å²) in [4.78, 5) is 2.39. The van der Waals surface area contributed by atoms with Gasteiger partial charge in [-0.1, -0.05) is 27.7 Å². The van der Waals surface area contributed by atoms with E-state index in [1.165, 1.54) is 6.42 Å². The molecule has 0 amide bonds. The minimum atomic E-state index is 0.461. The summed E-state index contributed by atoms with van der Waals surface area (Å²) in [5.41, 5.74) is 0.461. The highest BCUT2D eigenvalue weighted by Crippen LogP contribution is 2.22. The van der Waals surface area contributed by atoms with E-state index in [1.54, 1.807) is 0 Å². The maximum Gasteiger partial charge on any atom is 0.00687 e. The molecule has 0 aliphatic carbocycles. The zero-order chi connectivity index (χ0) is 9.07. The number of rotatable bonds is 3. The first-order chi connectivity index (χ1) is 4.87. The van der Waals surface area contributed by atoms with E-state index in [4.69, 9.17) is 0 Å². The molecule has 0 aromatic carbocycles. The molecule has 0 spiro atoms. The van der Waals surface area contributed by atoms with Crippen molar-refractivity contribution < 1.29 is 0 Å². The normalized spacial score (nSPS) is 15.5. The molecule has 0 unspecified atom stereocenters. The van der Waals surface area contributed by atoms with Crippen molar-refractivity contribution in [3.05, 3.63) is 0 Å². The van der Waals surface area contributed by atoms with Gasteiger partial charge in [0.25, 0.3) is 0 Å². The summed E-state index contributed by atoms with van der Waals surface area (Å²) < 4.78 is 0. The maximum atomic E-state index is 2.39. The van der Waals surface area contributed by atoms with Crippen LogP contribution in [0.4, 0.5) is 0 Å². The van der Waals surface area contributed by atoms with Crippen LogP contribution in [0, 0.1) is 5.41 Å². The fraction of sp³-hybridized carbons (Fsp3) is 1.00. The van der Waals surface area contributed by atoms with Crippen LogP contribution in [0.3, 0.4) is 0 Å². The van der Waals surface area contributed by atoms with E-state index in [2.05, 4.69) is 46.6 Å². The van der Waals surface area contributed by atoms with Crippen LogP contribution in [0.5, 0.6) is 0 Å². The van der Waals surface area contributed by atoms with E-state index in [9.17, 15) is 0 Å². The molecule has 0 N–H and O–H groups in total. The van der Waals surface area contributed by atoms with Gasteiger partial charge in [-0.25, -0.2) is 0 Å². The first kappa shape index (κ1) is 11.0. The molecule has 0 aromatic heterocycles. The molecule has 0 radical (unpaired) electrons. The Bertz CT molecular complexity index is 102. The van der Waals surface area contributed by atoms with Gasteiger partial charge in [0.15, 0.2) is 0 Å². The second-order valence-electron chi connectivity index (χ2n) is 4.69. The molecule has 68 valence electrons. The Morgan fingerprint density at radius 2 is 1.73 bits per heavy atom. The van der Waals surface area contributed by atoms with E-state index in [0.29, 0.717) is 11.5 Å². The molecule has 0 aromatic rings. The van der Waals surface area contributed by atoms with E-state index >= 15 is 0 Å². The van der Waals surface area contributed by atoms with Crippen molar-refractivity contribution in [3.63, 3.8) is 0 Å². The lowest BCUT2D eigenvalue weighted by atomic mass is 9.88. The Morgan fingerprint density at radius 1 is 1.27 bits per heavy atom. The Kier molecular flexibility index (Phi) is 4.09. The summed E-state index contributed by atoms with van der Waals surface area (Å²) in [5, 5.41) is 0. The van der Waals surface area contributed by atoms with Crippen LogP contribution in [0.25, 0.3) is 0 Å². The first-order valence-electron chi connectivity index (χ1n) is 4.57. The van der Waals surface area contributed by atoms with Crippen LogP contribution in [-0.4, -0.2) is 24.5 Å². The number of hydrogen-bond acceptors (Lipinski definition) is 1. The zero-order valence-corrected chi connectivity index (χ0v) is 8.94. The number of nitrogens with zero attached hydrogens (tertiary/aromatic N) is 1. The van der Waals surface area contributed by atoms with Gasteiger partial charge >= 0.3 is 0 Å². The van der Waals surface area contributed by atoms with Crippen LogP contribution in [-0.2, 0) is 0 Å². The Labute approximate surface area is 71.8 Å². The summed E-state index contributed by atoms with van der Waals surface area (Å²) in [6, 6.07) is 0.708. The van der Waals surface area contributed by atoms with Crippen molar-refractivity contribution in [2.75, 3.05) is 13.6 Å². The Morgan fingerprint density at radius 3 is 2.00 bits per heavy atom. The molecule has 0 aliphatic rings. The molecule has 0 saturated heterocycles. The fourth-order valence-corrected chi connectivity index (χ4v) is 1.35. The third-order valence-corrected chi connectivity index (χ3v) is 2.16. The van der Waals surface area contributed by atoms with Gasteiger partial charge in [-0.2, -0.15) is 0 Å². The van der Waals surface area contributed by atoms with Crippen LogP contribution < -0.4 is 0 Å². The van der Waals surface area contributed by atoms with Gasteiger partial charge in [0.05, 0.1) is 0 Å². The summed E-state index contributed by atoms with van der Waals surface area (Å²) in [6.45, 7) is 12.6. The average molecular weight is 157 g/mol. The molecule has 1 nitrogen and oxygen atoms in total. The second-order valence-corrected chi connectivity index (χ2v) is 4.69. The van der Waals surface area contributed by atoms with Crippen molar-refractivity contribution in [2.45, 2.75) is 47.1 Å². The molecule has 0 bridgehead atoms. The van der Waals surface area contributed by atoms with Gasteiger partial charge < -0.3 is 4.90 Å².